The number of carbonyl (C=O) groups excluding carboxylic acids is 1. The maximum Gasteiger partial charge on any atom is 0.290 e. The first kappa shape index (κ1) is 21.0. The van der Waals surface area contributed by atoms with Crippen LogP contribution in [0.3, 0.4) is 0 Å². The highest BCUT2D eigenvalue weighted by molar-refractivity contribution is 5.78. The minimum atomic E-state index is -2.95. The lowest BCUT2D eigenvalue weighted by atomic mass is 10.1. The van der Waals surface area contributed by atoms with Gasteiger partial charge in [0.05, 0.1) is 5.69 Å². The van der Waals surface area contributed by atoms with E-state index in [-0.39, 0.29) is 37.1 Å². The van der Waals surface area contributed by atoms with Gasteiger partial charge in [0.15, 0.2) is 6.61 Å². The molecule has 0 saturated carbocycles. The Balaban J connectivity index is 1.36. The topological polar surface area (TPSA) is 83.5 Å². The van der Waals surface area contributed by atoms with Gasteiger partial charge >= 0.3 is 0 Å². The van der Waals surface area contributed by atoms with Crippen LogP contribution in [-0.2, 0) is 17.1 Å². The van der Waals surface area contributed by atoms with Crippen LogP contribution in [0.5, 0.6) is 5.88 Å². The quantitative estimate of drug-likeness (QED) is 0.755. The summed E-state index contributed by atoms with van der Waals surface area (Å²) in [5.74, 6) is -2.37. The largest absolute Gasteiger partial charge is 0.468 e. The minimum Gasteiger partial charge on any atom is -0.468 e. The van der Waals surface area contributed by atoms with Gasteiger partial charge in [0.1, 0.15) is 5.69 Å². The molecule has 2 fully saturated rings. The van der Waals surface area contributed by atoms with Crippen molar-refractivity contribution in [2.75, 3.05) is 44.2 Å². The van der Waals surface area contributed by atoms with Gasteiger partial charge in [0.25, 0.3) is 11.8 Å². The van der Waals surface area contributed by atoms with Crippen LogP contribution in [0.2, 0.25) is 0 Å². The molecular formula is C22H26F2N6O2. The molecule has 32 heavy (non-hydrogen) atoms. The Bertz CT molecular complexity index is 1010. The summed E-state index contributed by atoms with van der Waals surface area (Å²) in [5.41, 5.74) is 1.45. The molecule has 2 aromatic heterocycles. The second-order valence-electron chi connectivity index (χ2n) is 8.54. The monoisotopic (exact) mass is 444 g/mol. The first-order chi connectivity index (χ1) is 15.4. The molecular weight excluding hydrogens is 418 g/mol. The maximum absolute atomic E-state index is 14.5. The van der Waals surface area contributed by atoms with Crippen molar-refractivity contribution in [2.45, 2.75) is 38.2 Å². The molecule has 0 unspecified atom stereocenters. The predicted octanol–water partition coefficient (Wildman–Crippen LogP) is 1.99. The molecule has 0 radical (unpaired) electrons. The van der Waals surface area contributed by atoms with Gasteiger partial charge in [-0.3, -0.25) is 4.79 Å². The summed E-state index contributed by atoms with van der Waals surface area (Å²) >= 11 is 0. The Morgan fingerprint density at radius 2 is 2.06 bits per heavy atom. The van der Waals surface area contributed by atoms with Crippen LogP contribution >= 0.6 is 0 Å². The van der Waals surface area contributed by atoms with E-state index in [9.17, 15) is 13.6 Å². The zero-order chi connectivity index (χ0) is 22.3. The van der Waals surface area contributed by atoms with Crippen LogP contribution in [0.15, 0.2) is 18.3 Å². The van der Waals surface area contributed by atoms with E-state index < -0.39 is 5.92 Å². The van der Waals surface area contributed by atoms with Gasteiger partial charge in [-0.15, -0.1) is 0 Å². The molecule has 4 heterocycles. The number of fused-ring (bicyclic) bond motifs is 1. The SMILES string of the molecule is C[C@H]1CCN1c1nc(-c2ccc(OCC(=O)N3CCNCC3)nc2)c2c(n1)C(F)(F)CC2. The van der Waals surface area contributed by atoms with Crippen molar-refractivity contribution >= 4 is 11.9 Å². The number of nitrogens with one attached hydrogen (secondary N) is 1. The van der Waals surface area contributed by atoms with Crippen molar-refractivity contribution in [3.63, 3.8) is 0 Å². The number of aromatic nitrogens is 3. The zero-order valence-corrected chi connectivity index (χ0v) is 18.0. The number of nitrogens with zero attached hydrogens (tertiary/aromatic N) is 5. The fourth-order valence-corrected chi connectivity index (χ4v) is 4.34. The van der Waals surface area contributed by atoms with E-state index in [4.69, 9.17) is 4.74 Å². The zero-order valence-electron chi connectivity index (χ0n) is 18.0. The molecule has 5 rings (SSSR count). The third-order valence-corrected chi connectivity index (χ3v) is 6.43. The van der Waals surface area contributed by atoms with Gasteiger partial charge in [0, 0.05) is 68.6 Å². The summed E-state index contributed by atoms with van der Waals surface area (Å²) in [4.78, 5) is 29.2. The van der Waals surface area contributed by atoms with Crippen molar-refractivity contribution in [1.29, 1.82) is 0 Å². The summed E-state index contributed by atoms with van der Waals surface area (Å²) in [6.45, 7) is 5.59. The van der Waals surface area contributed by atoms with E-state index in [1.54, 1.807) is 23.2 Å². The maximum atomic E-state index is 14.5. The second kappa shape index (κ2) is 8.23. The Kier molecular flexibility index (Phi) is 5.40. The number of pyridine rings is 1. The highest BCUT2D eigenvalue weighted by Gasteiger charge is 2.44. The molecule has 2 aliphatic heterocycles. The minimum absolute atomic E-state index is 0.0819. The van der Waals surface area contributed by atoms with Crippen LogP contribution < -0.4 is 15.0 Å². The van der Waals surface area contributed by atoms with E-state index in [0.717, 1.165) is 26.1 Å². The van der Waals surface area contributed by atoms with E-state index in [2.05, 4.69) is 20.3 Å². The first-order valence-corrected chi connectivity index (χ1v) is 11.1. The van der Waals surface area contributed by atoms with Crippen molar-refractivity contribution in [3.8, 4) is 17.1 Å². The predicted molar refractivity (Wildman–Crippen MR) is 114 cm³/mol. The van der Waals surface area contributed by atoms with Gasteiger partial charge in [-0.2, -0.15) is 8.78 Å². The molecule has 1 amide bonds. The first-order valence-electron chi connectivity index (χ1n) is 11.1. The van der Waals surface area contributed by atoms with Gasteiger partial charge < -0.3 is 19.9 Å². The fraction of sp³-hybridized carbons (Fsp3) is 0.545. The average molecular weight is 444 g/mol. The number of hydrogen-bond donors (Lipinski definition) is 1. The van der Waals surface area contributed by atoms with Crippen LogP contribution in [0.4, 0.5) is 14.7 Å². The highest BCUT2D eigenvalue weighted by Crippen LogP contribution is 2.44. The number of hydrogen-bond acceptors (Lipinski definition) is 7. The molecule has 0 aromatic carbocycles. The molecule has 8 nitrogen and oxygen atoms in total. The molecule has 1 aliphatic carbocycles. The van der Waals surface area contributed by atoms with Gasteiger partial charge in [-0.25, -0.2) is 15.0 Å². The number of piperazine rings is 1. The third kappa shape index (κ3) is 3.87. The number of ether oxygens (including phenoxy) is 1. The van der Waals surface area contributed by atoms with Gasteiger partial charge in [-0.1, -0.05) is 0 Å². The lowest BCUT2D eigenvalue weighted by Crippen LogP contribution is -2.47. The Labute approximate surface area is 185 Å². The normalized spacial score (nSPS) is 21.8. The second-order valence-corrected chi connectivity index (χ2v) is 8.54. The van der Waals surface area contributed by atoms with Crippen LogP contribution in [-0.4, -0.2) is 71.1 Å². The Hall–Kier alpha value is -2.88. The van der Waals surface area contributed by atoms with Gasteiger partial charge in [-0.05, 0) is 25.8 Å². The average Bonchev–Trinajstić information content (AvgIpc) is 3.11. The fourth-order valence-electron chi connectivity index (χ4n) is 4.34. The summed E-state index contributed by atoms with van der Waals surface area (Å²) in [7, 11) is 0. The number of rotatable bonds is 5. The number of anilines is 1. The van der Waals surface area contributed by atoms with Gasteiger partial charge in [0.2, 0.25) is 11.8 Å². The van der Waals surface area contributed by atoms with Crippen molar-refractivity contribution in [1.82, 2.24) is 25.2 Å². The molecule has 0 spiro atoms. The number of halogens is 2. The molecule has 2 aromatic rings. The number of carbonyl (C=O) groups is 1. The number of alkyl halides is 2. The van der Waals surface area contributed by atoms with Crippen molar-refractivity contribution in [2.24, 2.45) is 0 Å². The molecule has 0 bridgehead atoms. The standard InChI is InChI=1S/C22H26F2N6O2/c1-14-5-9-30(14)21-27-19(16-4-6-22(23,24)20(16)28-21)15-2-3-17(26-12-15)32-13-18(31)29-10-7-25-8-11-29/h2-3,12,14,25H,4-11,13H2,1H3/t14-/m0/s1. The van der Waals surface area contributed by atoms with E-state index in [1.807, 2.05) is 11.8 Å². The molecule has 3 aliphatic rings. The van der Waals surface area contributed by atoms with Crippen LogP contribution in [0.25, 0.3) is 11.3 Å². The molecule has 1 atom stereocenters. The van der Waals surface area contributed by atoms with E-state index in [1.165, 1.54) is 0 Å². The number of amides is 1. The van der Waals surface area contributed by atoms with Crippen LogP contribution in [0, 0.1) is 0 Å². The molecule has 1 N–H and O–H groups in total. The highest BCUT2D eigenvalue weighted by atomic mass is 19.3. The molecule has 170 valence electrons. The summed E-state index contributed by atoms with van der Waals surface area (Å²) in [6, 6.07) is 3.63. The third-order valence-electron chi connectivity index (χ3n) is 6.43. The van der Waals surface area contributed by atoms with E-state index in [0.29, 0.717) is 41.7 Å². The summed E-state index contributed by atoms with van der Waals surface area (Å²) in [5, 5.41) is 3.20. The molecule has 2 saturated heterocycles. The summed E-state index contributed by atoms with van der Waals surface area (Å²) in [6.07, 6.45) is 2.52. The smallest absolute Gasteiger partial charge is 0.290 e. The van der Waals surface area contributed by atoms with Crippen LogP contribution in [0.1, 0.15) is 31.0 Å². The Morgan fingerprint density at radius 3 is 2.72 bits per heavy atom. The van der Waals surface area contributed by atoms with Crippen molar-refractivity contribution < 1.29 is 18.3 Å². The lowest BCUT2D eigenvalue weighted by Gasteiger charge is -2.39. The Morgan fingerprint density at radius 1 is 1.25 bits per heavy atom. The van der Waals surface area contributed by atoms with E-state index >= 15 is 0 Å². The van der Waals surface area contributed by atoms with Crippen molar-refractivity contribution in [3.05, 3.63) is 29.6 Å². The molecule has 10 heteroatoms. The lowest BCUT2D eigenvalue weighted by molar-refractivity contribution is -0.134. The summed E-state index contributed by atoms with van der Waals surface area (Å²) < 4.78 is 34.6.